The fourth-order valence-corrected chi connectivity index (χ4v) is 5.67. The molecule has 0 radical (unpaired) electrons. The zero-order valence-corrected chi connectivity index (χ0v) is 23.2. The molecule has 0 unspecified atom stereocenters. The van der Waals surface area contributed by atoms with Crippen LogP contribution in [-0.2, 0) is 30.9 Å². The number of carbonyl (C=O) groups excluding carboxylic acids is 3. The number of hydrogen-bond acceptors (Lipinski definition) is 9. The lowest BCUT2D eigenvalue weighted by Gasteiger charge is -2.30. The number of ether oxygens (including phenoxy) is 1. The smallest absolute Gasteiger partial charge is 0.328 e. The van der Waals surface area contributed by atoms with E-state index in [1.54, 1.807) is 6.07 Å². The zero-order valence-electron chi connectivity index (χ0n) is 21.5. The summed E-state index contributed by atoms with van der Waals surface area (Å²) in [6.07, 6.45) is 2.13. The molecule has 0 saturated carbocycles. The van der Waals surface area contributed by atoms with E-state index >= 15 is 0 Å². The molecule has 38 heavy (non-hydrogen) atoms. The quantitative estimate of drug-likeness (QED) is 0.399. The number of aromatic nitrogens is 1. The van der Waals surface area contributed by atoms with E-state index in [0.717, 1.165) is 12.5 Å². The van der Waals surface area contributed by atoms with Crippen molar-refractivity contribution in [2.45, 2.75) is 32.6 Å². The first-order valence-electron chi connectivity index (χ1n) is 11.3. The van der Waals surface area contributed by atoms with E-state index < -0.39 is 44.0 Å². The lowest BCUT2D eigenvalue weighted by molar-refractivity contribution is -0.120. The van der Waals surface area contributed by atoms with Gasteiger partial charge in [-0.15, -0.1) is 0 Å². The minimum Gasteiger partial charge on any atom is -0.496 e. The van der Waals surface area contributed by atoms with Crippen molar-refractivity contribution >= 4 is 55.8 Å². The molecular formula is C23H29N5O8S2. The predicted molar refractivity (Wildman–Crippen MR) is 142 cm³/mol. The van der Waals surface area contributed by atoms with Gasteiger partial charge < -0.3 is 10.1 Å². The van der Waals surface area contributed by atoms with Gasteiger partial charge in [-0.05, 0) is 29.7 Å². The maximum atomic E-state index is 13.4. The molecule has 206 valence electrons. The predicted octanol–water partition coefficient (Wildman–Crippen LogP) is 1.42. The number of hydrogen-bond donors (Lipinski definition) is 3. The molecule has 1 aromatic carbocycles. The van der Waals surface area contributed by atoms with Gasteiger partial charge >= 0.3 is 6.03 Å². The van der Waals surface area contributed by atoms with Crippen molar-refractivity contribution in [3.05, 3.63) is 41.6 Å². The highest BCUT2D eigenvalue weighted by atomic mass is 32.2. The summed E-state index contributed by atoms with van der Waals surface area (Å²) in [5.74, 6) is -1.42. The number of sulfone groups is 1. The van der Waals surface area contributed by atoms with Crippen LogP contribution in [-0.4, -0.2) is 65.5 Å². The second kappa shape index (κ2) is 10.9. The average Bonchev–Trinajstić information content (AvgIpc) is 2.81. The van der Waals surface area contributed by atoms with Crippen molar-refractivity contribution in [1.29, 1.82) is 0 Å². The Balaban J connectivity index is 1.98. The third-order valence-electron chi connectivity index (χ3n) is 5.54. The highest BCUT2D eigenvalue weighted by Gasteiger charge is 2.30. The van der Waals surface area contributed by atoms with Crippen molar-refractivity contribution in [2.24, 2.45) is 0 Å². The maximum absolute atomic E-state index is 13.4. The largest absolute Gasteiger partial charge is 0.496 e. The molecule has 1 aromatic heterocycles. The summed E-state index contributed by atoms with van der Waals surface area (Å²) in [7, 11) is -5.48. The molecule has 1 aliphatic rings. The summed E-state index contributed by atoms with van der Waals surface area (Å²) in [4.78, 5) is 42.9. The molecule has 1 aliphatic heterocycles. The third-order valence-corrected chi connectivity index (χ3v) is 7.22. The molecule has 1 fully saturated rings. The van der Waals surface area contributed by atoms with Gasteiger partial charge in [-0.2, -0.15) is 0 Å². The Morgan fingerprint density at radius 1 is 1.24 bits per heavy atom. The molecule has 2 N–H and O–H groups in total. The minimum atomic E-state index is -3.65. The van der Waals surface area contributed by atoms with Gasteiger partial charge in [0, 0.05) is 30.5 Å². The summed E-state index contributed by atoms with van der Waals surface area (Å²) < 4.78 is 52.5. The van der Waals surface area contributed by atoms with Crippen LogP contribution in [0, 0.1) is 0 Å². The molecule has 0 aliphatic carbocycles. The minimum absolute atomic E-state index is 0.00444. The zero-order chi connectivity index (χ0) is 28.4. The Morgan fingerprint density at radius 3 is 2.42 bits per heavy atom. The van der Waals surface area contributed by atoms with Crippen molar-refractivity contribution in [2.75, 3.05) is 40.3 Å². The summed E-state index contributed by atoms with van der Waals surface area (Å²) in [5, 5.41) is 4.87. The fourth-order valence-electron chi connectivity index (χ4n) is 3.76. The molecule has 0 spiro atoms. The fraction of sp³-hybridized carbons (Fsp3) is 0.391. The highest BCUT2D eigenvalue weighted by molar-refractivity contribution is 7.91. The molecular weight excluding hydrogens is 538 g/mol. The lowest BCUT2D eigenvalue weighted by Crippen LogP contribution is -2.49. The molecule has 0 bridgehead atoms. The number of anilines is 3. The van der Waals surface area contributed by atoms with Crippen LogP contribution in [0.1, 0.15) is 43.1 Å². The van der Waals surface area contributed by atoms with E-state index in [-0.39, 0.29) is 41.7 Å². The van der Waals surface area contributed by atoms with Crippen molar-refractivity contribution < 1.29 is 36.0 Å². The van der Waals surface area contributed by atoms with E-state index in [1.807, 2.05) is 20.8 Å². The molecule has 4 amide bonds. The maximum Gasteiger partial charge on any atom is 0.328 e. The number of pyridine rings is 1. The molecule has 1 saturated heterocycles. The number of benzene rings is 1. The van der Waals surface area contributed by atoms with Gasteiger partial charge in [0.2, 0.25) is 16.8 Å². The van der Waals surface area contributed by atoms with Crippen molar-refractivity contribution in [1.82, 2.24) is 10.3 Å². The van der Waals surface area contributed by atoms with Gasteiger partial charge in [-0.3, -0.25) is 24.1 Å². The number of amides is 4. The molecule has 0 atom stereocenters. The van der Waals surface area contributed by atoms with E-state index in [9.17, 15) is 31.2 Å². The first-order valence-corrected chi connectivity index (χ1v) is 14.5. The average molecular weight is 568 g/mol. The summed E-state index contributed by atoms with van der Waals surface area (Å²) in [6, 6.07) is 5.24. The Hall–Kier alpha value is -3.72. The standard InChI is InChI=1S/C23H29N5O8S2/c1-23(2,3)17-11-15(27-9-8-19(29)26-22(27)31)10-16(20(17)36-4)21(30)25-18-7-6-14(12-24-18)28(37(32)33)13-38(5,34)35/h6-7,10-12,37H,8-9,13H2,1-5H3,(H,24,25,30)(H,26,29,31). The van der Waals surface area contributed by atoms with Crippen molar-refractivity contribution in [3.63, 3.8) is 0 Å². The normalized spacial score (nSPS) is 14.3. The van der Waals surface area contributed by atoms with Gasteiger partial charge in [0.1, 0.15) is 17.4 Å². The van der Waals surface area contributed by atoms with Crippen LogP contribution in [0.25, 0.3) is 0 Å². The van der Waals surface area contributed by atoms with E-state index in [4.69, 9.17) is 4.74 Å². The number of thiol groups is 1. The van der Waals surface area contributed by atoms with Gasteiger partial charge in [0.15, 0.2) is 9.84 Å². The third kappa shape index (κ3) is 6.77. The summed E-state index contributed by atoms with van der Waals surface area (Å²) in [6.45, 7) is 5.88. The molecule has 15 heteroatoms. The number of methoxy groups -OCH3 is 1. The van der Waals surface area contributed by atoms with Gasteiger partial charge in [0.05, 0.1) is 24.6 Å². The Labute approximate surface area is 222 Å². The summed E-state index contributed by atoms with van der Waals surface area (Å²) >= 11 is 0. The SMILES string of the molecule is COc1c(C(=O)Nc2ccc(N(CS(C)(=O)=O)[SH](=O)=O)cn2)cc(N2CCC(=O)NC2=O)cc1C(C)(C)C. The Kier molecular flexibility index (Phi) is 8.31. The first-order chi connectivity index (χ1) is 17.6. The lowest BCUT2D eigenvalue weighted by atomic mass is 9.84. The van der Waals surface area contributed by atoms with Gasteiger partial charge in [-0.1, -0.05) is 20.8 Å². The number of nitrogens with one attached hydrogen (secondary N) is 2. The monoisotopic (exact) mass is 567 g/mol. The Bertz CT molecular complexity index is 1440. The highest BCUT2D eigenvalue weighted by Crippen LogP contribution is 2.38. The van der Waals surface area contributed by atoms with Crippen molar-refractivity contribution in [3.8, 4) is 5.75 Å². The first kappa shape index (κ1) is 28.8. The second-order valence-electron chi connectivity index (χ2n) is 9.63. The topological polar surface area (TPSA) is 172 Å². The molecule has 3 rings (SSSR count). The van der Waals surface area contributed by atoms with Crippen LogP contribution in [0.5, 0.6) is 5.75 Å². The molecule has 2 aromatic rings. The number of nitrogens with zero attached hydrogens (tertiary/aromatic N) is 3. The Morgan fingerprint density at radius 2 is 1.92 bits per heavy atom. The van der Waals surface area contributed by atoms with Crippen LogP contribution in [0.4, 0.5) is 22.0 Å². The number of carbonyl (C=O) groups is 3. The number of rotatable bonds is 8. The number of imide groups is 1. The van der Waals surface area contributed by atoms with E-state index in [1.165, 1.54) is 30.2 Å². The van der Waals surface area contributed by atoms with Crippen LogP contribution in [0.3, 0.4) is 0 Å². The number of urea groups is 1. The summed E-state index contributed by atoms with van der Waals surface area (Å²) in [5.41, 5.74) is 0.656. The van der Waals surface area contributed by atoms with Crippen LogP contribution in [0.15, 0.2) is 30.5 Å². The van der Waals surface area contributed by atoms with Crippen LogP contribution >= 0.6 is 0 Å². The van der Waals surface area contributed by atoms with E-state index in [2.05, 4.69) is 15.6 Å². The van der Waals surface area contributed by atoms with Gasteiger partial charge in [0.25, 0.3) is 5.91 Å². The van der Waals surface area contributed by atoms with Crippen LogP contribution < -0.4 is 24.6 Å². The molecule has 2 heterocycles. The van der Waals surface area contributed by atoms with Crippen LogP contribution in [0.2, 0.25) is 0 Å². The molecule has 13 nitrogen and oxygen atoms in total. The second-order valence-corrected chi connectivity index (χ2v) is 12.7. The van der Waals surface area contributed by atoms with Gasteiger partial charge in [-0.25, -0.2) is 26.6 Å². The van der Waals surface area contributed by atoms with E-state index in [0.29, 0.717) is 15.6 Å².